The molecule has 1 N–H and O–H groups in total. The highest BCUT2D eigenvalue weighted by molar-refractivity contribution is 6.31. The van der Waals surface area contributed by atoms with Crippen LogP contribution in [-0.2, 0) is 24.7 Å². The molecular weight excluding hydrogens is 458 g/mol. The minimum atomic E-state index is -1.27. The molecule has 0 aliphatic carbocycles. The molecule has 0 unspecified atom stereocenters. The highest BCUT2D eigenvalue weighted by Crippen LogP contribution is 2.60. The number of esters is 1. The highest BCUT2D eigenvalue weighted by atomic mass is 35.5. The van der Waals surface area contributed by atoms with Crippen LogP contribution in [0.15, 0.2) is 42.5 Å². The number of carbonyl (C=O) groups is 4. The summed E-state index contributed by atoms with van der Waals surface area (Å²) < 4.78 is 5.01. The topological polar surface area (TPSA) is 96.0 Å². The molecule has 9 heteroatoms. The second-order valence-corrected chi connectivity index (χ2v) is 9.53. The predicted octanol–water partition coefficient (Wildman–Crippen LogP) is 2.95. The van der Waals surface area contributed by atoms with Crippen molar-refractivity contribution in [1.29, 1.82) is 0 Å². The van der Waals surface area contributed by atoms with Crippen molar-refractivity contribution in [3.05, 3.63) is 58.6 Å². The van der Waals surface area contributed by atoms with Crippen LogP contribution in [0, 0.1) is 11.8 Å². The van der Waals surface area contributed by atoms with Gasteiger partial charge in [0.1, 0.15) is 5.54 Å². The second kappa shape index (κ2) is 7.38. The number of halogens is 1. The molecule has 8 nitrogen and oxygen atoms in total. The lowest BCUT2D eigenvalue weighted by Gasteiger charge is -2.36. The third-order valence-corrected chi connectivity index (χ3v) is 7.83. The Hall–Kier alpha value is -3.23. The Balaban J connectivity index is 1.45. The molecule has 4 aliphatic rings. The van der Waals surface area contributed by atoms with Gasteiger partial charge in [0.2, 0.25) is 17.7 Å². The van der Waals surface area contributed by atoms with Gasteiger partial charge in [-0.25, -0.2) is 9.69 Å². The summed E-state index contributed by atoms with van der Waals surface area (Å²) in [6.45, 7) is 2.60. The van der Waals surface area contributed by atoms with E-state index in [1.54, 1.807) is 37.3 Å². The maximum absolute atomic E-state index is 13.9. The number of ether oxygens (including phenoxy) is 1. The standard InChI is InChI=1S/C25H22ClN3O5/c1-2-34-23(32)13-5-8-15(9-6-13)29-21(30)19-18-4-3-11-28(18)25(20(19)22(29)31)16-12-14(26)7-10-17(16)27-24(25)33/h5-10,12,18-20H,2-4,11H2,1H3,(H,27,33)/t18-,19+,20-,25+/m0/s1. The Morgan fingerprint density at radius 2 is 1.91 bits per heavy atom. The van der Waals surface area contributed by atoms with Crippen LogP contribution in [0.2, 0.25) is 5.02 Å². The number of hydrogen-bond donors (Lipinski definition) is 1. The number of hydrogen-bond acceptors (Lipinski definition) is 6. The van der Waals surface area contributed by atoms with E-state index >= 15 is 0 Å². The van der Waals surface area contributed by atoms with Crippen molar-refractivity contribution in [2.75, 3.05) is 23.4 Å². The lowest BCUT2D eigenvalue weighted by molar-refractivity contribution is -0.135. The quantitative estimate of drug-likeness (QED) is 0.537. The minimum Gasteiger partial charge on any atom is -0.462 e. The number of imide groups is 1. The van der Waals surface area contributed by atoms with E-state index in [0.29, 0.717) is 34.1 Å². The Labute approximate surface area is 200 Å². The Kier molecular flexibility index (Phi) is 4.63. The van der Waals surface area contributed by atoms with Gasteiger partial charge in [-0.05, 0) is 68.8 Å². The van der Waals surface area contributed by atoms with Gasteiger partial charge in [-0.3, -0.25) is 19.3 Å². The molecule has 2 aromatic carbocycles. The van der Waals surface area contributed by atoms with Crippen LogP contribution in [0.4, 0.5) is 11.4 Å². The molecule has 0 aromatic heterocycles. The van der Waals surface area contributed by atoms with Crippen LogP contribution in [0.1, 0.15) is 35.7 Å². The normalized spacial score (nSPS) is 29.4. The number of nitrogens with zero attached hydrogens (tertiary/aromatic N) is 2. The molecule has 0 saturated carbocycles. The smallest absolute Gasteiger partial charge is 0.338 e. The molecule has 4 aliphatic heterocycles. The summed E-state index contributed by atoms with van der Waals surface area (Å²) >= 11 is 6.31. The Morgan fingerprint density at radius 1 is 1.15 bits per heavy atom. The second-order valence-electron chi connectivity index (χ2n) is 9.10. The molecule has 0 bridgehead atoms. The molecule has 1 spiro atoms. The molecule has 3 saturated heterocycles. The Bertz CT molecular complexity index is 1260. The van der Waals surface area contributed by atoms with Crippen molar-refractivity contribution < 1.29 is 23.9 Å². The third-order valence-electron chi connectivity index (χ3n) is 7.59. The van der Waals surface area contributed by atoms with Gasteiger partial charge in [0.15, 0.2) is 0 Å². The molecule has 34 heavy (non-hydrogen) atoms. The summed E-state index contributed by atoms with van der Waals surface area (Å²) in [6, 6.07) is 11.2. The zero-order valence-corrected chi connectivity index (χ0v) is 19.2. The van der Waals surface area contributed by atoms with Gasteiger partial charge < -0.3 is 10.1 Å². The van der Waals surface area contributed by atoms with Gasteiger partial charge in [0, 0.05) is 22.3 Å². The zero-order valence-electron chi connectivity index (χ0n) is 18.4. The van der Waals surface area contributed by atoms with Gasteiger partial charge in [-0.1, -0.05) is 11.6 Å². The first-order valence-corrected chi connectivity index (χ1v) is 11.8. The molecule has 3 fully saturated rings. The first-order valence-electron chi connectivity index (χ1n) is 11.4. The van der Waals surface area contributed by atoms with E-state index in [1.165, 1.54) is 17.0 Å². The fourth-order valence-electron chi connectivity index (χ4n) is 6.39. The molecule has 2 aromatic rings. The number of nitrogens with one attached hydrogen (secondary N) is 1. The van der Waals surface area contributed by atoms with E-state index in [-0.39, 0.29) is 24.5 Å². The van der Waals surface area contributed by atoms with E-state index in [2.05, 4.69) is 10.2 Å². The molecule has 174 valence electrons. The zero-order chi connectivity index (χ0) is 23.8. The first kappa shape index (κ1) is 21.3. The van der Waals surface area contributed by atoms with Crippen LogP contribution in [0.5, 0.6) is 0 Å². The summed E-state index contributed by atoms with van der Waals surface area (Å²) in [5, 5.41) is 3.40. The van der Waals surface area contributed by atoms with E-state index in [1.807, 2.05) is 0 Å². The van der Waals surface area contributed by atoms with Crippen LogP contribution < -0.4 is 10.2 Å². The lowest BCUT2D eigenvalue weighted by atomic mass is 9.75. The average molecular weight is 480 g/mol. The van der Waals surface area contributed by atoms with Crippen LogP contribution in [0.3, 0.4) is 0 Å². The van der Waals surface area contributed by atoms with Gasteiger partial charge in [-0.15, -0.1) is 0 Å². The maximum atomic E-state index is 13.9. The first-order chi connectivity index (χ1) is 16.4. The lowest BCUT2D eigenvalue weighted by Crippen LogP contribution is -2.54. The molecule has 3 amide bonds. The molecule has 4 atom stereocenters. The van der Waals surface area contributed by atoms with E-state index in [9.17, 15) is 19.2 Å². The summed E-state index contributed by atoms with van der Waals surface area (Å²) in [6.07, 6.45) is 1.58. The van der Waals surface area contributed by atoms with Crippen molar-refractivity contribution >= 4 is 46.7 Å². The molecule has 4 heterocycles. The van der Waals surface area contributed by atoms with Crippen molar-refractivity contribution in [3.8, 4) is 0 Å². The van der Waals surface area contributed by atoms with Gasteiger partial charge >= 0.3 is 5.97 Å². The van der Waals surface area contributed by atoms with Crippen molar-refractivity contribution in [3.63, 3.8) is 0 Å². The van der Waals surface area contributed by atoms with Gasteiger partial charge in [-0.2, -0.15) is 0 Å². The molecular formula is C25H22ClN3O5. The predicted molar refractivity (Wildman–Crippen MR) is 123 cm³/mol. The number of benzene rings is 2. The SMILES string of the molecule is CCOC(=O)c1ccc(N2C(=O)[C@H]3[C@@H](C2=O)[C@]2(C(=O)Nc4ccc(Cl)cc42)N2CCC[C@@H]32)cc1. The highest BCUT2D eigenvalue weighted by Gasteiger charge is 2.74. The molecule has 6 rings (SSSR count). The summed E-state index contributed by atoms with van der Waals surface area (Å²) in [5.41, 5.74) is 0.727. The fourth-order valence-corrected chi connectivity index (χ4v) is 6.56. The summed E-state index contributed by atoms with van der Waals surface area (Å²) in [5.74, 6) is -2.95. The fraction of sp³-hybridized carbons (Fsp3) is 0.360. The van der Waals surface area contributed by atoms with E-state index in [4.69, 9.17) is 16.3 Å². The number of rotatable bonds is 3. The van der Waals surface area contributed by atoms with Crippen LogP contribution >= 0.6 is 11.6 Å². The number of anilines is 2. The summed E-state index contributed by atoms with van der Waals surface area (Å²) in [4.78, 5) is 56.5. The maximum Gasteiger partial charge on any atom is 0.338 e. The van der Waals surface area contributed by atoms with Crippen molar-refractivity contribution in [2.24, 2.45) is 11.8 Å². The number of amides is 3. The average Bonchev–Trinajstić information content (AvgIpc) is 3.53. The monoisotopic (exact) mass is 479 g/mol. The van der Waals surface area contributed by atoms with E-state index < -0.39 is 29.3 Å². The van der Waals surface area contributed by atoms with Gasteiger partial charge in [0.05, 0.1) is 29.7 Å². The van der Waals surface area contributed by atoms with Crippen molar-refractivity contribution in [1.82, 2.24) is 4.90 Å². The largest absolute Gasteiger partial charge is 0.462 e. The van der Waals surface area contributed by atoms with E-state index in [0.717, 1.165) is 12.8 Å². The van der Waals surface area contributed by atoms with Crippen LogP contribution in [0.25, 0.3) is 0 Å². The summed E-state index contributed by atoms with van der Waals surface area (Å²) in [7, 11) is 0. The third kappa shape index (κ3) is 2.58. The Morgan fingerprint density at radius 3 is 2.65 bits per heavy atom. The van der Waals surface area contributed by atoms with Crippen LogP contribution in [-0.4, -0.2) is 47.8 Å². The van der Waals surface area contributed by atoms with Crippen molar-refractivity contribution in [2.45, 2.75) is 31.3 Å². The minimum absolute atomic E-state index is 0.207. The number of fused-ring (bicyclic) bond motifs is 7. The molecule has 0 radical (unpaired) electrons. The van der Waals surface area contributed by atoms with Gasteiger partial charge in [0.25, 0.3) is 0 Å². The number of carbonyl (C=O) groups excluding carboxylic acids is 4.